The zero-order chi connectivity index (χ0) is 12.5. The van der Waals surface area contributed by atoms with E-state index in [-0.39, 0.29) is 0 Å². The Morgan fingerprint density at radius 1 is 0.938 bits per heavy atom. The summed E-state index contributed by atoms with van der Waals surface area (Å²) in [4.78, 5) is 10.3. The second kappa shape index (κ2) is 4.14. The van der Waals surface area contributed by atoms with Crippen LogP contribution in [0.5, 0.6) is 5.75 Å². The lowest BCUT2D eigenvalue weighted by Crippen LogP contribution is -2.11. The molecule has 0 N–H and O–H groups in total. The maximum Gasteiger partial charge on any atom is 0.416 e. The summed E-state index contributed by atoms with van der Waals surface area (Å²) in [6.45, 7) is 0. The molecule has 0 aliphatic rings. The normalized spacial score (nSPS) is 9.75. The predicted molar refractivity (Wildman–Crippen MR) is 37.5 cm³/mol. The van der Waals surface area contributed by atoms with Gasteiger partial charge in [0.2, 0.25) is 34.8 Å². The molecule has 0 atom stereocenters. The average Bonchev–Trinajstić information content (AvgIpc) is 2.29. The third-order valence-electron chi connectivity index (χ3n) is 1.46. The van der Waals surface area contributed by atoms with Crippen molar-refractivity contribution in [2.45, 2.75) is 0 Å². The lowest BCUT2D eigenvalue weighted by atomic mass is 10.2. The van der Waals surface area contributed by atoms with E-state index in [0.717, 1.165) is 6.07 Å². The van der Waals surface area contributed by atoms with E-state index >= 15 is 0 Å². The molecule has 0 heterocycles. The highest BCUT2D eigenvalue weighted by Gasteiger charge is 2.28. The second-order valence-electron chi connectivity index (χ2n) is 2.40. The summed E-state index contributed by atoms with van der Waals surface area (Å²) in [6, 6.07) is 0.788. The fourth-order valence-corrected chi connectivity index (χ4v) is 0.790. The molecule has 0 aliphatic carbocycles. The van der Waals surface area contributed by atoms with Crippen LogP contribution in [0.25, 0.3) is 0 Å². The molecule has 0 aromatic heterocycles. The van der Waals surface area contributed by atoms with Crippen molar-refractivity contribution in [2.24, 2.45) is 0 Å². The van der Waals surface area contributed by atoms with Crippen molar-refractivity contribution in [3.8, 4) is 11.8 Å². The van der Waals surface area contributed by atoms with Gasteiger partial charge in [-0.15, -0.1) is 0 Å². The largest absolute Gasteiger partial charge is 0.416 e. The van der Waals surface area contributed by atoms with Gasteiger partial charge in [-0.05, 0) is 0 Å². The van der Waals surface area contributed by atoms with Crippen LogP contribution in [0.1, 0.15) is 0 Å². The second-order valence-corrected chi connectivity index (χ2v) is 2.40. The molecule has 0 spiro atoms. The first-order valence-electron chi connectivity index (χ1n) is 3.53. The summed E-state index contributed by atoms with van der Waals surface area (Å²) < 4.78 is 66.8. The van der Waals surface area contributed by atoms with Crippen LogP contribution in [-0.2, 0) is 4.79 Å². The third kappa shape index (κ3) is 1.79. The molecule has 8 heteroatoms. The maximum absolute atomic E-state index is 12.8. The Morgan fingerprint density at radius 2 is 1.31 bits per heavy atom. The van der Waals surface area contributed by atoms with Crippen LogP contribution in [0, 0.1) is 40.4 Å². The Kier molecular flexibility index (Phi) is 3.08. The molecule has 0 fully saturated rings. The van der Waals surface area contributed by atoms with Crippen LogP contribution >= 0.6 is 0 Å². The van der Waals surface area contributed by atoms with Gasteiger partial charge < -0.3 is 4.74 Å². The molecular weight excluding hydrogens is 237 g/mol. The first-order valence-corrected chi connectivity index (χ1v) is 3.53. The number of ether oxygens (including phenoxy) is 1. The zero-order valence-corrected chi connectivity index (χ0v) is 7.15. The number of hydrogen-bond acceptors (Lipinski definition) is 3. The summed E-state index contributed by atoms with van der Waals surface area (Å²) in [5.41, 5.74) is 0. The molecule has 3 nitrogen and oxygen atoms in total. The summed E-state index contributed by atoms with van der Waals surface area (Å²) in [6.07, 6.45) is 0. The molecular formula is C8F5NO2. The fraction of sp³-hybridized carbons (Fsp3) is 0. The monoisotopic (exact) mass is 237 g/mol. The van der Waals surface area contributed by atoms with Crippen LogP contribution in [0.2, 0.25) is 0 Å². The van der Waals surface area contributed by atoms with E-state index in [0.29, 0.717) is 0 Å². The molecule has 84 valence electrons. The molecule has 16 heavy (non-hydrogen) atoms. The van der Waals surface area contributed by atoms with Gasteiger partial charge in [-0.2, -0.15) is 14.0 Å². The number of hydrogen-bond donors (Lipinski definition) is 0. The molecule has 0 bridgehead atoms. The Labute approximate surface area is 84.7 Å². The Bertz CT molecular complexity index is 479. The van der Waals surface area contributed by atoms with Crippen molar-refractivity contribution in [1.82, 2.24) is 0 Å². The van der Waals surface area contributed by atoms with Crippen molar-refractivity contribution < 1.29 is 31.5 Å². The van der Waals surface area contributed by atoms with Gasteiger partial charge in [0.15, 0.2) is 6.07 Å². The number of carbonyl (C=O) groups excluding carboxylic acids is 1. The van der Waals surface area contributed by atoms with Gasteiger partial charge in [0.25, 0.3) is 0 Å². The van der Waals surface area contributed by atoms with Crippen LogP contribution in [-0.4, -0.2) is 5.97 Å². The topological polar surface area (TPSA) is 50.1 Å². The highest BCUT2D eigenvalue weighted by molar-refractivity contribution is 5.87. The minimum Gasteiger partial charge on any atom is -0.409 e. The number of esters is 1. The number of benzene rings is 1. The third-order valence-corrected chi connectivity index (χ3v) is 1.46. The predicted octanol–water partition coefficient (Wildman–Crippen LogP) is 1.81. The van der Waals surface area contributed by atoms with Crippen LogP contribution in [0.3, 0.4) is 0 Å². The van der Waals surface area contributed by atoms with Crippen molar-refractivity contribution in [2.75, 3.05) is 0 Å². The fourth-order valence-electron chi connectivity index (χ4n) is 0.790. The number of nitriles is 1. The van der Waals surface area contributed by atoms with Crippen LogP contribution in [0.15, 0.2) is 0 Å². The van der Waals surface area contributed by atoms with Crippen molar-refractivity contribution in [3.05, 3.63) is 29.1 Å². The van der Waals surface area contributed by atoms with Gasteiger partial charge in [0, 0.05) is 0 Å². The van der Waals surface area contributed by atoms with Crippen molar-refractivity contribution in [1.29, 1.82) is 5.26 Å². The Morgan fingerprint density at radius 3 is 1.69 bits per heavy atom. The number of rotatable bonds is 1. The number of carbonyl (C=O) groups is 1. The SMILES string of the molecule is N#CC(=O)Oc1c(F)c(F)c(F)c(F)c1F. The van der Waals surface area contributed by atoms with Gasteiger partial charge in [0.1, 0.15) is 0 Å². The minimum absolute atomic E-state index is 0.788. The summed E-state index contributed by atoms with van der Waals surface area (Å²) in [7, 11) is 0. The summed E-state index contributed by atoms with van der Waals surface area (Å²) >= 11 is 0. The molecule has 1 aromatic carbocycles. The number of halogens is 5. The maximum atomic E-state index is 12.8. The highest BCUT2D eigenvalue weighted by atomic mass is 19.2. The Hall–Kier alpha value is -2.17. The number of nitrogens with zero attached hydrogens (tertiary/aromatic N) is 1. The van der Waals surface area contributed by atoms with E-state index in [9.17, 15) is 26.7 Å². The molecule has 0 amide bonds. The van der Waals surface area contributed by atoms with Gasteiger partial charge >= 0.3 is 5.97 Å². The van der Waals surface area contributed by atoms with Gasteiger partial charge in [-0.1, -0.05) is 0 Å². The van der Waals surface area contributed by atoms with Gasteiger partial charge in [-0.3, -0.25) is 0 Å². The standard InChI is InChI=1S/C8F5NO2/c9-3-4(10)6(12)8(7(13)5(3)11)16-2(15)1-14. The van der Waals surface area contributed by atoms with E-state index in [1.54, 1.807) is 0 Å². The zero-order valence-electron chi connectivity index (χ0n) is 7.15. The lowest BCUT2D eigenvalue weighted by Gasteiger charge is -2.05. The van der Waals surface area contributed by atoms with Gasteiger partial charge in [-0.25, -0.2) is 18.0 Å². The lowest BCUT2D eigenvalue weighted by molar-refractivity contribution is -0.128. The smallest absolute Gasteiger partial charge is 0.409 e. The molecule has 0 saturated carbocycles. The van der Waals surface area contributed by atoms with Crippen molar-refractivity contribution in [3.63, 3.8) is 0 Å². The molecule has 1 aromatic rings. The Balaban J connectivity index is 3.41. The minimum atomic E-state index is -2.38. The quantitative estimate of drug-likeness (QED) is 0.187. The highest BCUT2D eigenvalue weighted by Crippen LogP contribution is 2.28. The van der Waals surface area contributed by atoms with Crippen molar-refractivity contribution >= 4 is 5.97 Å². The van der Waals surface area contributed by atoms with E-state index in [4.69, 9.17) is 5.26 Å². The molecule has 0 aliphatic heterocycles. The summed E-state index contributed by atoms with van der Waals surface area (Å²) in [5.74, 6) is -15.2. The van der Waals surface area contributed by atoms with E-state index in [1.807, 2.05) is 0 Å². The first-order chi connectivity index (χ1) is 7.40. The molecule has 0 radical (unpaired) electrons. The first kappa shape index (κ1) is 11.9. The average molecular weight is 237 g/mol. The van der Waals surface area contributed by atoms with E-state index in [1.165, 1.54) is 0 Å². The van der Waals surface area contributed by atoms with Gasteiger partial charge in [0.05, 0.1) is 0 Å². The van der Waals surface area contributed by atoms with E-state index in [2.05, 4.69) is 4.74 Å². The molecule has 1 rings (SSSR count). The van der Waals surface area contributed by atoms with E-state index < -0.39 is 40.8 Å². The van der Waals surface area contributed by atoms with Crippen LogP contribution < -0.4 is 4.74 Å². The summed E-state index contributed by atoms with van der Waals surface area (Å²) in [5, 5.41) is 7.94. The molecule has 0 unspecified atom stereocenters. The molecule has 0 saturated heterocycles. The van der Waals surface area contributed by atoms with Crippen LogP contribution in [0.4, 0.5) is 22.0 Å².